The molecule has 1 nitrogen and oxygen atoms in total. The Balaban J connectivity index is 2.09. The third-order valence-electron chi connectivity index (χ3n) is 2.67. The van der Waals surface area contributed by atoms with Crippen LogP contribution < -0.4 is 5.32 Å². The summed E-state index contributed by atoms with van der Waals surface area (Å²) in [5.41, 5.74) is 2.03. The molecule has 0 saturated carbocycles. The van der Waals surface area contributed by atoms with E-state index in [1.54, 1.807) is 25.1 Å². The summed E-state index contributed by atoms with van der Waals surface area (Å²) in [5.74, 6) is -0.629. The van der Waals surface area contributed by atoms with E-state index in [2.05, 4.69) is 5.32 Å². The van der Waals surface area contributed by atoms with E-state index in [1.807, 2.05) is 0 Å². The summed E-state index contributed by atoms with van der Waals surface area (Å²) in [6, 6.07) is 9.12. The number of hydrogen-bond acceptors (Lipinski definition) is 1. The molecule has 0 saturated heterocycles. The van der Waals surface area contributed by atoms with Crippen LogP contribution in [0.5, 0.6) is 0 Å². The van der Waals surface area contributed by atoms with Crippen LogP contribution >= 0.6 is 11.6 Å². The smallest absolute Gasteiger partial charge is 0.128 e. The minimum Gasteiger partial charge on any atom is -0.381 e. The highest BCUT2D eigenvalue weighted by atomic mass is 35.5. The van der Waals surface area contributed by atoms with Crippen molar-refractivity contribution in [1.82, 2.24) is 0 Å². The van der Waals surface area contributed by atoms with Crippen molar-refractivity contribution in [2.45, 2.75) is 13.5 Å². The number of rotatable bonds is 3. The van der Waals surface area contributed by atoms with Gasteiger partial charge in [-0.1, -0.05) is 23.7 Å². The van der Waals surface area contributed by atoms with Gasteiger partial charge in [0.2, 0.25) is 0 Å². The Kier molecular flexibility index (Phi) is 3.82. The van der Waals surface area contributed by atoms with Crippen LogP contribution in [0, 0.1) is 18.6 Å². The summed E-state index contributed by atoms with van der Waals surface area (Å²) in [5, 5.41) is 3.40. The van der Waals surface area contributed by atoms with Gasteiger partial charge < -0.3 is 5.32 Å². The standard InChI is InChI=1S/C14H12ClF2N/c1-9-2-5-12(7-14(9)17)18-8-10-3-4-11(16)6-13(10)15/h2-7,18H,8H2,1H3. The van der Waals surface area contributed by atoms with Crippen molar-refractivity contribution in [2.24, 2.45) is 0 Å². The Morgan fingerprint density at radius 2 is 1.89 bits per heavy atom. The van der Waals surface area contributed by atoms with E-state index in [0.29, 0.717) is 22.8 Å². The second kappa shape index (κ2) is 5.36. The van der Waals surface area contributed by atoms with Gasteiger partial charge in [0.15, 0.2) is 0 Å². The first kappa shape index (κ1) is 12.8. The SMILES string of the molecule is Cc1ccc(NCc2ccc(F)cc2Cl)cc1F. The third kappa shape index (κ3) is 2.99. The zero-order chi connectivity index (χ0) is 13.1. The Hall–Kier alpha value is -1.61. The van der Waals surface area contributed by atoms with E-state index < -0.39 is 0 Å². The quantitative estimate of drug-likeness (QED) is 0.861. The zero-order valence-corrected chi connectivity index (χ0v) is 10.6. The first-order valence-electron chi connectivity index (χ1n) is 5.50. The van der Waals surface area contributed by atoms with Crippen molar-refractivity contribution in [3.8, 4) is 0 Å². The lowest BCUT2D eigenvalue weighted by Crippen LogP contribution is -2.01. The van der Waals surface area contributed by atoms with Gasteiger partial charge in [0.05, 0.1) is 0 Å². The van der Waals surface area contributed by atoms with Gasteiger partial charge in [-0.15, -0.1) is 0 Å². The molecule has 2 aromatic rings. The van der Waals surface area contributed by atoms with Crippen LogP contribution in [0.4, 0.5) is 14.5 Å². The Morgan fingerprint density at radius 3 is 2.56 bits per heavy atom. The fourth-order valence-corrected chi connectivity index (χ4v) is 1.80. The molecule has 0 aliphatic carbocycles. The molecule has 0 unspecified atom stereocenters. The third-order valence-corrected chi connectivity index (χ3v) is 3.02. The average molecular weight is 268 g/mol. The maximum Gasteiger partial charge on any atom is 0.128 e. The van der Waals surface area contributed by atoms with Gasteiger partial charge in [0.1, 0.15) is 11.6 Å². The zero-order valence-electron chi connectivity index (χ0n) is 9.81. The van der Waals surface area contributed by atoms with Gasteiger partial charge >= 0.3 is 0 Å². The minimum absolute atomic E-state index is 0.259. The first-order chi connectivity index (χ1) is 8.56. The maximum absolute atomic E-state index is 13.3. The van der Waals surface area contributed by atoms with E-state index in [4.69, 9.17) is 11.6 Å². The van der Waals surface area contributed by atoms with Crippen LogP contribution in [-0.4, -0.2) is 0 Å². The molecule has 0 heterocycles. The van der Waals surface area contributed by atoms with E-state index in [-0.39, 0.29) is 11.6 Å². The number of anilines is 1. The highest BCUT2D eigenvalue weighted by Crippen LogP contribution is 2.19. The summed E-state index contributed by atoms with van der Waals surface area (Å²) in [7, 11) is 0. The van der Waals surface area contributed by atoms with Crippen LogP contribution in [0.15, 0.2) is 36.4 Å². The molecule has 0 aliphatic rings. The van der Waals surface area contributed by atoms with Crippen molar-refractivity contribution in [1.29, 1.82) is 0 Å². The van der Waals surface area contributed by atoms with Crippen molar-refractivity contribution in [3.63, 3.8) is 0 Å². The highest BCUT2D eigenvalue weighted by Gasteiger charge is 2.03. The van der Waals surface area contributed by atoms with Crippen LogP contribution in [0.25, 0.3) is 0 Å². The number of benzene rings is 2. The van der Waals surface area contributed by atoms with Gasteiger partial charge in [-0.05, 0) is 42.3 Å². The fourth-order valence-electron chi connectivity index (χ4n) is 1.57. The number of aryl methyl sites for hydroxylation is 1. The summed E-state index contributed by atoms with van der Waals surface area (Å²) >= 11 is 5.90. The first-order valence-corrected chi connectivity index (χ1v) is 5.88. The fraction of sp³-hybridized carbons (Fsp3) is 0.143. The lowest BCUT2D eigenvalue weighted by atomic mass is 10.2. The molecule has 0 aliphatic heterocycles. The highest BCUT2D eigenvalue weighted by molar-refractivity contribution is 6.31. The molecule has 0 bridgehead atoms. The molecule has 94 valence electrons. The van der Waals surface area contributed by atoms with Gasteiger partial charge in [-0.2, -0.15) is 0 Å². The molecule has 0 spiro atoms. The molecular weight excluding hydrogens is 256 g/mol. The molecule has 2 aromatic carbocycles. The van der Waals surface area contributed by atoms with Gasteiger partial charge in [-0.25, -0.2) is 8.78 Å². The molecule has 0 radical (unpaired) electrons. The summed E-state index contributed by atoms with van der Waals surface area (Å²) in [4.78, 5) is 0. The Morgan fingerprint density at radius 1 is 1.11 bits per heavy atom. The van der Waals surface area contributed by atoms with Crippen LogP contribution in [0.1, 0.15) is 11.1 Å². The van der Waals surface area contributed by atoms with Crippen molar-refractivity contribution < 1.29 is 8.78 Å². The summed E-state index contributed by atoms with van der Waals surface area (Å²) < 4.78 is 26.2. The van der Waals surface area contributed by atoms with Crippen LogP contribution in [-0.2, 0) is 6.54 Å². The second-order valence-electron chi connectivity index (χ2n) is 4.05. The van der Waals surface area contributed by atoms with E-state index in [1.165, 1.54) is 18.2 Å². The monoisotopic (exact) mass is 267 g/mol. The molecule has 0 aromatic heterocycles. The number of hydrogen-bond donors (Lipinski definition) is 1. The number of halogens is 3. The molecule has 18 heavy (non-hydrogen) atoms. The predicted octanol–water partition coefficient (Wildman–Crippen LogP) is 4.54. The van der Waals surface area contributed by atoms with E-state index >= 15 is 0 Å². The molecule has 0 atom stereocenters. The minimum atomic E-state index is -0.370. The number of nitrogens with one attached hydrogen (secondary N) is 1. The van der Waals surface area contributed by atoms with Gasteiger partial charge in [0, 0.05) is 17.3 Å². The molecule has 0 amide bonds. The van der Waals surface area contributed by atoms with Crippen molar-refractivity contribution >= 4 is 17.3 Å². The Bertz CT molecular complexity index is 570. The molecule has 0 fully saturated rings. The molecule has 2 rings (SSSR count). The molecule has 4 heteroatoms. The Labute approximate surface area is 109 Å². The lowest BCUT2D eigenvalue weighted by Gasteiger charge is -2.09. The predicted molar refractivity (Wildman–Crippen MR) is 69.9 cm³/mol. The largest absolute Gasteiger partial charge is 0.381 e. The summed E-state index contributed by atoms with van der Waals surface area (Å²) in [6.45, 7) is 2.12. The maximum atomic E-state index is 13.3. The van der Waals surface area contributed by atoms with E-state index in [9.17, 15) is 8.78 Å². The average Bonchev–Trinajstić information content (AvgIpc) is 2.32. The normalized spacial score (nSPS) is 10.4. The molecule has 1 N–H and O–H groups in total. The van der Waals surface area contributed by atoms with E-state index in [0.717, 1.165) is 5.56 Å². The van der Waals surface area contributed by atoms with Crippen LogP contribution in [0.3, 0.4) is 0 Å². The lowest BCUT2D eigenvalue weighted by molar-refractivity contribution is 0.619. The van der Waals surface area contributed by atoms with Crippen molar-refractivity contribution in [3.05, 3.63) is 64.2 Å². The molecular formula is C14H12ClF2N. The van der Waals surface area contributed by atoms with Gasteiger partial charge in [-0.3, -0.25) is 0 Å². The van der Waals surface area contributed by atoms with Crippen molar-refractivity contribution in [2.75, 3.05) is 5.32 Å². The second-order valence-corrected chi connectivity index (χ2v) is 4.46. The topological polar surface area (TPSA) is 12.0 Å². The van der Waals surface area contributed by atoms with Crippen LogP contribution in [0.2, 0.25) is 5.02 Å². The summed E-state index contributed by atoms with van der Waals surface area (Å²) in [6.07, 6.45) is 0. The van der Waals surface area contributed by atoms with Gasteiger partial charge in [0.25, 0.3) is 0 Å².